The number of hydrogen-bond donors (Lipinski definition) is 4. The van der Waals surface area contributed by atoms with Crippen LogP contribution in [0.15, 0.2) is 48.5 Å². The molecular formula is C23H28N4O6S. The van der Waals surface area contributed by atoms with E-state index in [9.17, 15) is 18.0 Å². The van der Waals surface area contributed by atoms with E-state index in [2.05, 4.69) is 4.72 Å². The molecule has 11 heteroatoms. The van der Waals surface area contributed by atoms with Gasteiger partial charge in [0.15, 0.2) is 0 Å². The standard InChI is InChI=1S/C23H28N4O6S/c1-34(31,32)26-10-11-27-19(12-18(23(27)30)13-21(28)29)14-33-20-8-6-16(7-9-20)15-2-4-17(5-3-15)22(24)25/h2-9,18-19,26H,10-14H2,1H3,(H3,24,25)(H,28,29)/t18-,19-/m0/s1. The summed E-state index contributed by atoms with van der Waals surface area (Å²) in [7, 11) is -3.40. The van der Waals surface area contributed by atoms with Gasteiger partial charge < -0.3 is 20.5 Å². The summed E-state index contributed by atoms with van der Waals surface area (Å²) in [6, 6.07) is 14.3. The second-order valence-electron chi connectivity index (χ2n) is 8.21. The van der Waals surface area contributed by atoms with Gasteiger partial charge in [0.1, 0.15) is 18.2 Å². The van der Waals surface area contributed by atoms with Crippen LogP contribution in [0.1, 0.15) is 18.4 Å². The lowest BCUT2D eigenvalue weighted by Crippen LogP contribution is -2.42. The Morgan fingerprint density at radius 2 is 1.76 bits per heavy atom. The third-order valence-corrected chi connectivity index (χ3v) is 6.32. The maximum absolute atomic E-state index is 12.7. The number of aliphatic carboxylic acids is 1. The van der Waals surface area contributed by atoms with Crippen LogP contribution in [0.3, 0.4) is 0 Å². The van der Waals surface area contributed by atoms with Crippen LogP contribution in [0.4, 0.5) is 0 Å². The Balaban J connectivity index is 1.64. The van der Waals surface area contributed by atoms with Crippen molar-refractivity contribution in [2.75, 3.05) is 26.0 Å². The first-order valence-corrected chi connectivity index (χ1v) is 12.6. The highest BCUT2D eigenvalue weighted by atomic mass is 32.2. The molecule has 182 valence electrons. The first kappa shape index (κ1) is 25.2. The number of carboxylic acid groups (broad SMARTS) is 1. The molecule has 3 rings (SSSR count). The van der Waals surface area contributed by atoms with E-state index >= 15 is 0 Å². The van der Waals surface area contributed by atoms with Gasteiger partial charge in [0, 0.05) is 18.7 Å². The fourth-order valence-electron chi connectivity index (χ4n) is 3.93. The van der Waals surface area contributed by atoms with Crippen molar-refractivity contribution in [1.82, 2.24) is 9.62 Å². The average molecular weight is 489 g/mol. The number of ether oxygens (including phenoxy) is 1. The molecule has 1 fully saturated rings. The van der Waals surface area contributed by atoms with E-state index in [1.54, 1.807) is 24.3 Å². The molecule has 0 saturated carbocycles. The third-order valence-electron chi connectivity index (χ3n) is 5.59. The Labute approximate surface area is 198 Å². The highest BCUT2D eigenvalue weighted by Crippen LogP contribution is 2.28. The zero-order chi connectivity index (χ0) is 24.9. The molecule has 0 unspecified atom stereocenters. The van der Waals surface area contributed by atoms with Gasteiger partial charge in [-0.1, -0.05) is 36.4 Å². The van der Waals surface area contributed by atoms with Gasteiger partial charge in [-0.05, 0) is 29.7 Å². The number of benzene rings is 2. The van der Waals surface area contributed by atoms with Crippen molar-refractivity contribution in [1.29, 1.82) is 5.41 Å². The van der Waals surface area contributed by atoms with Gasteiger partial charge in [0.05, 0.1) is 24.6 Å². The third kappa shape index (κ3) is 6.78. The molecule has 0 spiro atoms. The van der Waals surface area contributed by atoms with Gasteiger partial charge >= 0.3 is 5.97 Å². The Kier molecular flexibility index (Phi) is 7.90. The summed E-state index contributed by atoms with van der Waals surface area (Å²) in [6.07, 6.45) is 1.08. The van der Waals surface area contributed by atoms with Crippen LogP contribution in [0.5, 0.6) is 5.75 Å². The lowest BCUT2D eigenvalue weighted by molar-refractivity contribution is -0.142. The monoisotopic (exact) mass is 488 g/mol. The number of sulfonamides is 1. The second kappa shape index (κ2) is 10.7. The van der Waals surface area contributed by atoms with Crippen molar-refractivity contribution >= 4 is 27.7 Å². The first-order valence-electron chi connectivity index (χ1n) is 10.7. The molecule has 5 N–H and O–H groups in total. The number of likely N-dealkylation sites (tertiary alicyclic amines) is 1. The van der Waals surface area contributed by atoms with Crippen LogP contribution < -0.4 is 15.2 Å². The van der Waals surface area contributed by atoms with Crippen LogP contribution in [-0.4, -0.2) is 68.1 Å². The van der Waals surface area contributed by atoms with Crippen molar-refractivity contribution in [3.8, 4) is 16.9 Å². The van der Waals surface area contributed by atoms with Crippen LogP contribution >= 0.6 is 0 Å². The van der Waals surface area contributed by atoms with Gasteiger partial charge in [0.2, 0.25) is 15.9 Å². The van der Waals surface area contributed by atoms with Crippen LogP contribution in [0, 0.1) is 11.3 Å². The SMILES string of the molecule is CS(=O)(=O)NCCN1C(=O)[C@H](CC(=O)O)C[C@H]1COc1ccc(-c2ccc(C(=N)N)cc2)cc1. The molecule has 0 bridgehead atoms. The molecule has 34 heavy (non-hydrogen) atoms. The largest absolute Gasteiger partial charge is 0.491 e. The molecule has 2 aromatic rings. The molecule has 2 atom stereocenters. The maximum atomic E-state index is 12.7. The number of nitrogen functional groups attached to an aromatic ring is 1. The summed E-state index contributed by atoms with van der Waals surface area (Å²) in [6.45, 7) is 0.330. The summed E-state index contributed by atoms with van der Waals surface area (Å²) >= 11 is 0. The summed E-state index contributed by atoms with van der Waals surface area (Å²) in [5, 5.41) is 16.6. The number of nitrogens with zero attached hydrogens (tertiary/aromatic N) is 1. The van der Waals surface area contributed by atoms with E-state index in [-0.39, 0.29) is 43.9 Å². The topological polar surface area (TPSA) is 163 Å². The molecule has 10 nitrogen and oxygen atoms in total. The second-order valence-corrected chi connectivity index (χ2v) is 10.0. The number of carbonyl (C=O) groups is 2. The number of rotatable bonds is 11. The quantitative estimate of drug-likeness (QED) is 0.273. The lowest BCUT2D eigenvalue weighted by Gasteiger charge is -2.25. The summed E-state index contributed by atoms with van der Waals surface area (Å²) in [5.74, 6) is -1.43. The van der Waals surface area contributed by atoms with Crippen LogP contribution in [0.25, 0.3) is 11.1 Å². The summed E-state index contributed by atoms with van der Waals surface area (Å²) in [5.41, 5.74) is 8.04. The molecule has 2 aromatic carbocycles. The molecule has 0 radical (unpaired) electrons. The average Bonchev–Trinajstić information content (AvgIpc) is 3.06. The molecule has 1 amide bonds. The van der Waals surface area contributed by atoms with Crippen molar-refractivity contribution in [3.05, 3.63) is 54.1 Å². The molecular weight excluding hydrogens is 460 g/mol. The predicted octanol–water partition coefficient (Wildman–Crippen LogP) is 1.26. The van der Waals surface area contributed by atoms with E-state index in [1.165, 1.54) is 4.90 Å². The Hall–Kier alpha value is -3.44. The van der Waals surface area contributed by atoms with Crippen LogP contribution in [-0.2, 0) is 19.6 Å². The Morgan fingerprint density at radius 3 is 2.29 bits per heavy atom. The number of nitrogens with two attached hydrogens (primary N) is 1. The number of carbonyl (C=O) groups excluding carboxylic acids is 1. The fourth-order valence-corrected chi connectivity index (χ4v) is 4.39. The molecule has 1 aliphatic rings. The van der Waals surface area contributed by atoms with Crippen molar-refractivity contribution in [2.24, 2.45) is 11.7 Å². The minimum Gasteiger partial charge on any atom is -0.491 e. The van der Waals surface area contributed by atoms with E-state index in [0.717, 1.165) is 17.4 Å². The maximum Gasteiger partial charge on any atom is 0.304 e. The van der Waals surface area contributed by atoms with E-state index in [0.29, 0.717) is 17.7 Å². The number of hydrogen-bond acceptors (Lipinski definition) is 6. The van der Waals surface area contributed by atoms with E-state index in [1.807, 2.05) is 24.3 Å². The summed E-state index contributed by atoms with van der Waals surface area (Å²) < 4.78 is 30.9. The smallest absolute Gasteiger partial charge is 0.304 e. The fraction of sp³-hybridized carbons (Fsp3) is 0.348. The highest BCUT2D eigenvalue weighted by molar-refractivity contribution is 7.88. The van der Waals surface area contributed by atoms with Gasteiger partial charge in [0.25, 0.3) is 0 Å². The minimum absolute atomic E-state index is 0.00688. The first-order chi connectivity index (χ1) is 16.0. The normalized spacial score (nSPS) is 18.1. The zero-order valence-electron chi connectivity index (χ0n) is 18.7. The van der Waals surface area contributed by atoms with Crippen LogP contribution in [0.2, 0.25) is 0 Å². The van der Waals surface area contributed by atoms with Gasteiger partial charge in [-0.2, -0.15) is 0 Å². The molecule has 1 heterocycles. The lowest BCUT2D eigenvalue weighted by atomic mass is 10.0. The number of carboxylic acids is 1. The molecule has 1 aliphatic heterocycles. The number of amides is 1. The number of amidine groups is 1. The van der Waals surface area contributed by atoms with Crippen molar-refractivity contribution in [2.45, 2.75) is 18.9 Å². The zero-order valence-corrected chi connectivity index (χ0v) is 19.5. The molecule has 1 saturated heterocycles. The van der Waals surface area contributed by atoms with E-state index < -0.39 is 21.9 Å². The predicted molar refractivity (Wildman–Crippen MR) is 127 cm³/mol. The van der Waals surface area contributed by atoms with Crippen molar-refractivity contribution < 1.29 is 27.9 Å². The van der Waals surface area contributed by atoms with Crippen molar-refractivity contribution in [3.63, 3.8) is 0 Å². The van der Waals surface area contributed by atoms with Gasteiger partial charge in [-0.15, -0.1) is 0 Å². The Bertz CT molecular complexity index is 1150. The van der Waals surface area contributed by atoms with E-state index in [4.69, 9.17) is 21.0 Å². The Morgan fingerprint density at radius 1 is 1.18 bits per heavy atom. The van der Waals surface area contributed by atoms with Gasteiger partial charge in [-0.25, -0.2) is 13.1 Å². The number of nitrogens with one attached hydrogen (secondary N) is 2. The molecule has 0 aromatic heterocycles. The highest BCUT2D eigenvalue weighted by Gasteiger charge is 2.40. The minimum atomic E-state index is -3.40. The molecule has 0 aliphatic carbocycles. The summed E-state index contributed by atoms with van der Waals surface area (Å²) in [4.78, 5) is 25.3. The van der Waals surface area contributed by atoms with Gasteiger partial charge in [-0.3, -0.25) is 15.0 Å².